The largest absolute Gasteiger partial charge is 0.481 e. The molecule has 1 aliphatic rings. The number of halogens is 1. The van der Waals surface area contributed by atoms with Crippen molar-refractivity contribution in [3.05, 3.63) is 83.9 Å². The van der Waals surface area contributed by atoms with Crippen molar-refractivity contribution >= 4 is 35.1 Å². The number of aliphatic carboxylic acids is 1. The molecule has 1 amide bonds. The first-order valence-corrected chi connectivity index (χ1v) is 12.8. The number of hydrogen-bond acceptors (Lipinski definition) is 3. The Balaban J connectivity index is 0.00000361. The third-order valence-electron chi connectivity index (χ3n) is 7.28. The Kier molecular flexibility index (Phi) is 10.3. The molecule has 1 fully saturated rings. The van der Waals surface area contributed by atoms with Crippen LogP contribution < -0.4 is 5.32 Å². The molecule has 3 aromatic carbocycles. The van der Waals surface area contributed by atoms with Crippen LogP contribution >= 0.6 is 12.4 Å². The van der Waals surface area contributed by atoms with E-state index >= 15 is 0 Å². The van der Waals surface area contributed by atoms with Crippen LogP contribution in [0.15, 0.2) is 72.8 Å². The molecular formula is C30H37ClN2O3. The molecule has 4 rings (SSSR count). The van der Waals surface area contributed by atoms with Crippen molar-refractivity contribution in [2.24, 2.45) is 11.8 Å². The minimum absolute atomic E-state index is 0. The number of benzene rings is 3. The Morgan fingerprint density at radius 3 is 2.36 bits per heavy atom. The van der Waals surface area contributed by atoms with Crippen LogP contribution in [0.5, 0.6) is 0 Å². The highest BCUT2D eigenvalue weighted by molar-refractivity contribution is 5.86. The van der Waals surface area contributed by atoms with Crippen LogP contribution in [-0.2, 0) is 16.0 Å². The van der Waals surface area contributed by atoms with Gasteiger partial charge in [-0.05, 0) is 59.9 Å². The number of carbonyl (C=O) groups is 2. The van der Waals surface area contributed by atoms with E-state index in [1.807, 2.05) is 11.0 Å². The third-order valence-corrected chi connectivity index (χ3v) is 7.28. The summed E-state index contributed by atoms with van der Waals surface area (Å²) in [6.07, 6.45) is 2.70. The van der Waals surface area contributed by atoms with Crippen LogP contribution in [0.25, 0.3) is 10.8 Å². The predicted molar refractivity (Wildman–Crippen MR) is 147 cm³/mol. The Morgan fingerprint density at radius 1 is 0.917 bits per heavy atom. The first kappa shape index (κ1) is 27.7. The van der Waals surface area contributed by atoms with Gasteiger partial charge in [0.25, 0.3) is 0 Å². The van der Waals surface area contributed by atoms with Crippen LogP contribution in [0, 0.1) is 11.8 Å². The fourth-order valence-corrected chi connectivity index (χ4v) is 5.30. The number of amides is 1. The summed E-state index contributed by atoms with van der Waals surface area (Å²) in [6.45, 7) is 4.59. The molecule has 0 aromatic heterocycles. The van der Waals surface area contributed by atoms with E-state index in [1.54, 1.807) is 0 Å². The lowest BCUT2D eigenvalue weighted by molar-refractivity contribution is -0.137. The second-order valence-corrected chi connectivity index (χ2v) is 9.81. The quantitative estimate of drug-likeness (QED) is 0.317. The van der Waals surface area contributed by atoms with Gasteiger partial charge < -0.3 is 15.3 Å². The van der Waals surface area contributed by atoms with E-state index in [1.165, 1.54) is 21.9 Å². The Labute approximate surface area is 220 Å². The maximum Gasteiger partial charge on any atom is 0.303 e. The molecule has 192 valence electrons. The maximum absolute atomic E-state index is 12.9. The lowest BCUT2D eigenvalue weighted by Crippen LogP contribution is -2.32. The van der Waals surface area contributed by atoms with Crippen molar-refractivity contribution in [3.63, 3.8) is 0 Å². The summed E-state index contributed by atoms with van der Waals surface area (Å²) >= 11 is 0. The molecule has 0 spiro atoms. The SMILES string of the molecule is C[C@@H](NCC1CN(C(=O)CCCCC(=O)O)CC1Cc1ccccc1)c1cccc2ccccc12.Cl. The van der Waals surface area contributed by atoms with Gasteiger partial charge in [-0.2, -0.15) is 0 Å². The number of hydrogen-bond donors (Lipinski definition) is 2. The summed E-state index contributed by atoms with van der Waals surface area (Å²) in [6, 6.07) is 25.7. The fraction of sp³-hybridized carbons (Fsp3) is 0.400. The number of carboxylic acid groups (broad SMARTS) is 1. The third kappa shape index (κ3) is 7.31. The molecule has 2 N–H and O–H groups in total. The van der Waals surface area contributed by atoms with Gasteiger partial charge >= 0.3 is 5.97 Å². The summed E-state index contributed by atoms with van der Waals surface area (Å²) in [4.78, 5) is 25.7. The minimum atomic E-state index is -0.798. The highest BCUT2D eigenvalue weighted by Crippen LogP contribution is 2.29. The Morgan fingerprint density at radius 2 is 1.58 bits per heavy atom. The van der Waals surface area contributed by atoms with E-state index in [4.69, 9.17) is 5.11 Å². The van der Waals surface area contributed by atoms with Gasteiger partial charge in [-0.3, -0.25) is 9.59 Å². The molecule has 1 saturated heterocycles. The zero-order valence-electron chi connectivity index (χ0n) is 20.9. The average Bonchev–Trinajstić information content (AvgIpc) is 3.27. The van der Waals surface area contributed by atoms with Crippen molar-refractivity contribution in [2.75, 3.05) is 19.6 Å². The summed E-state index contributed by atoms with van der Waals surface area (Å²) in [5.41, 5.74) is 2.60. The van der Waals surface area contributed by atoms with Gasteiger partial charge in [-0.15, -0.1) is 12.4 Å². The van der Waals surface area contributed by atoms with Gasteiger partial charge in [0.2, 0.25) is 5.91 Å². The van der Waals surface area contributed by atoms with E-state index in [0.717, 1.165) is 26.1 Å². The van der Waals surface area contributed by atoms with Gasteiger partial charge in [-0.25, -0.2) is 0 Å². The second-order valence-electron chi connectivity index (χ2n) is 9.81. The van der Waals surface area contributed by atoms with Gasteiger partial charge in [0.05, 0.1) is 0 Å². The minimum Gasteiger partial charge on any atom is -0.481 e. The molecular weight excluding hydrogens is 472 g/mol. The zero-order valence-corrected chi connectivity index (χ0v) is 21.8. The first-order valence-electron chi connectivity index (χ1n) is 12.8. The summed E-state index contributed by atoms with van der Waals surface area (Å²) in [5, 5.41) is 15.1. The van der Waals surface area contributed by atoms with Crippen molar-refractivity contribution in [3.8, 4) is 0 Å². The lowest BCUT2D eigenvalue weighted by atomic mass is 9.89. The number of rotatable bonds is 11. The van der Waals surface area contributed by atoms with E-state index in [-0.39, 0.29) is 30.8 Å². The van der Waals surface area contributed by atoms with Gasteiger partial charge in [0, 0.05) is 38.5 Å². The highest BCUT2D eigenvalue weighted by atomic mass is 35.5. The lowest BCUT2D eigenvalue weighted by Gasteiger charge is -2.23. The Bertz CT molecular complexity index is 1130. The molecule has 1 heterocycles. The van der Waals surface area contributed by atoms with E-state index in [9.17, 15) is 9.59 Å². The second kappa shape index (κ2) is 13.4. The van der Waals surface area contributed by atoms with E-state index in [0.29, 0.717) is 31.1 Å². The van der Waals surface area contributed by atoms with Gasteiger partial charge in [-0.1, -0.05) is 72.8 Å². The number of nitrogens with zero attached hydrogens (tertiary/aromatic N) is 1. The molecule has 0 radical (unpaired) electrons. The van der Waals surface area contributed by atoms with Gasteiger partial charge in [0.1, 0.15) is 0 Å². The van der Waals surface area contributed by atoms with Crippen LogP contribution in [0.3, 0.4) is 0 Å². The number of carboxylic acids is 1. The molecule has 3 aromatic rings. The highest BCUT2D eigenvalue weighted by Gasteiger charge is 2.35. The topological polar surface area (TPSA) is 69.6 Å². The smallest absolute Gasteiger partial charge is 0.303 e. The van der Waals surface area contributed by atoms with Crippen molar-refractivity contribution in [1.29, 1.82) is 0 Å². The number of carbonyl (C=O) groups excluding carboxylic acids is 1. The first-order chi connectivity index (χ1) is 17.0. The molecule has 0 saturated carbocycles. The normalized spacial score (nSPS) is 18.1. The summed E-state index contributed by atoms with van der Waals surface area (Å²) in [5.74, 6) is 0.120. The number of nitrogens with one attached hydrogen (secondary N) is 1. The summed E-state index contributed by atoms with van der Waals surface area (Å²) in [7, 11) is 0. The van der Waals surface area contributed by atoms with Crippen LogP contribution in [0.1, 0.15) is 49.8 Å². The molecule has 5 nitrogen and oxygen atoms in total. The molecule has 0 bridgehead atoms. The number of likely N-dealkylation sites (tertiary alicyclic amines) is 1. The predicted octanol–water partition coefficient (Wildman–Crippen LogP) is 5.87. The van der Waals surface area contributed by atoms with E-state index < -0.39 is 5.97 Å². The van der Waals surface area contributed by atoms with Crippen molar-refractivity contribution < 1.29 is 14.7 Å². The number of unbranched alkanes of at least 4 members (excludes halogenated alkanes) is 1. The molecule has 36 heavy (non-hydrogen) atoms. The molecule has 0 aliphatic carbocycles. The van der Waals surface area contributed by atoms with Crippen LogP contribution in [0.2, 0.25) is 0 Å². The number of fused-ring (bicyclic) bond motifs is 1. The average molecular weight is 509 g/mol. The monoisotopic (exact) mass is 508 g/mol. The molecule has 3 atom stereocenters. The van der Waals surface area contributed by atoms with Crippen LogP contribution in [0.4, 0.5) is 0 Å². The fourth-order valence-electron chi connectivity index (χ4n) is 5.30. The standard InChI is InChI=1S/C30H36N2O3.ClH/c1-22(27-15-9-13-24-12-5-6-14-28(24)27)31-19-26-21-32(29(33)16-7-8-17-30(34)35)20-25(26)18-23-10-3-2-4-11-23;/h2-6,9-15,22,25-26,31H,7-8,16-21H2,1H3,(H,34,35);1H/t22-,25?,26?;/m1./s1. The van der Waals surface area contributed by atoms with Gasteiger partial charge in [0.15, 0.2) is 0 Å². The van der Waals surface area contributed by atoms with E-state index in [2.05, 4.69) is 79.0 Å². The summed E-state index contributed by atoms with van der Waals surface area (Å²) < 4.78 is 0. The Hall–Kier alpha value is -2.89. The maximum atomic E-state index is 12.9. The van der Waals surface area contributed by atoms with Crippen LogP contribution in [-0.4, -0.2) is 41.5 Å². The molecule has 6 heteroatoms. The molecule has 1 aliphatic heterocycles. The van der Waals surface area contributed by atoms with Crippen molar-refractivity contribution in [2.45, 2.75) is 45.1 Å². The zero-order chi connectivity index (χ0) is 24.6. The molecule has 2 unspecified atom stereocenters. The van der Waals surface area contributed by atoms with Crippen molar-refractivity contribution in [1.82, 2.24) is 10.2 Å².